The number of nitrogens with zero attached hydrogens (tertiary/aromatic N) is 3. The predicted molar refractivity (Wildman–Crippen MR) is 95.6 cm³/mol. The number of carbonyl (C=O) groups excluding carboxylic acids is 1. The zero-order valence-electron chi connectivity index (χ0n) is 14.7. The highest BCUT2D eigenvalue weighted by atomic mass is 16.5. The Balaban J connectivity index is 1.80. The van der Waals surface area contributed by atoms with Gasteiger partial charge in [0.2, 0.25) is 0 Å². The van der Waals surface area contributed by atoms with Crippen molar-refractivity contribution in [2.45, 2.75) is 26.8 Å². The van der Waals surface area contributed by atoms with Crippen molar-refractivity contribution in [3.63, 3.8) is 0 Å². The molecule has 0 unspecified atom stereocenters. The van der Waals surface area contributed by atoms with E-state index in [2.05, 4.69) is 36.1 Å². The molecular formula is C20H21N3O2. The maximum absolute atomic E-state index is 11.5. The number of ether oxygens (including phenoxy) is 1. The van der Waals surface area contributed by atoms with Crippen molar-refractivity contribution in [3.8, 4) is 0 Å². The molecule has 0 aliphatic carbocycles. The number of methoxy groups -OCH3 is 1. The normalized spacial score (nSPS) is 10.7. The molecule has 0 amide bonds. The van der Waals surface area contributed by atoms with Crippen molar-refractivity contribution < 1.29 is 9.53 Å². The summed E-state index contributed by atoms with van der Waals surface area (Å²) in [5, 5.41) is 4.24. The molecule has 2 heterocycles. The molecule has 0 saturated carbocycles. The number of carbonyl (C=O) groups is 1. The van der Waals surface area contributed by atoms with Gasteiger partial charge in [-0.1, -0.05) is 18.2 Å². The Kier molecular flexibility index (Phi) is 4.93. The SMILES string of the molecule is COC(=O)c1cnn(Cc2cc(C)c(Cc3ccccn3)c(C)c2)c1. The molecule has 1 aromatic carbocycles. The van der Waals surface area contributed by atoms with E-state index in [1.54, 1.807) is 10.9 Å². The quantitative estimate of drug-likeness (QED) is 0.671. The van der Waals surface area contributed by atoms with Crippen LogP contribution in [0.5, 0.6) is 0 Å². The lowest BCUT2D eigenvalue weighted by molar-refractivity contribution is 0.0600. The van der Waals surface area contributed by atoms with Crippen molar-refractivity contribution in [2.24, 2.45) is 0 Å². The van der Waals surface area contributed by atoms with Crippen LogP contribution >= 0.6 is 0 Å². The van der Waals surface area contributed by atoms with Gasteiger partial charge in [0.05, 0.1) is 25.4 Å². The van der Waals surface area contributed by atoms with E-state index in [1.165, 1.54) is 30.0 Å². The van der Waals surface area contributed by atoms with E-state index >= 15 is 0 Å². The molecule has 128 valence electrons. The number of hydrogen-bond acceptors (Lipinski definition) is 4. The van der Waals surface area contributed by atoms with E-state index in [0.29, 0.717) is 12.1 Å². The maximum Gasteiger partial charge on any atom is 0.341 e. The summed E-state index contributed by atoms with van der Waals surface area (Å²) in [4.78, 5) is 15.9. The fourth-order valence-electron chi connectivity index (χ4n) is 3.00. The van der Waals surface area contributed by atoms with Crippen molar-refractivity contribution in [1.29, 1.82) is 0 Å². The highest BCUT2D eigenvalue weighted by Crippen LogP contribution is 2.20. The third kappa shape index (κ3) is 3.94. The second-order valence-corrected chi connectivity index (χ2v) is 6.12. The number of benzene rings is 1. The van der Waals surface area contributed by atoms with Crippen LogP contribution in [0.3, 0.4) is 0 Å². The van der Waals surface area contributed by atoms with Gasteiger partial charge in [-0.15, -0.1) is 0 Å². The minimum absolute atomic E-state index is 0.371. The standard InChI is InChI=1S/C20H21N3O2/c1-14-8-16(12-23-13-17(11-22-23)20(24)25-3)9-15(2)19(14)10-18-6-4-5-7-21-18/h4-9,11,13H,10,12H2,1-3H3. The number of hydrogen-bond donors (Lipinski definition) is 0. The first kappa shape index (κ1) is 16.9. The second kappa shape index (κ2) is 7.30. The van der Waals surface area contributed by atoms with Crippen LogP contribution in [-0.2, 0) is 17.7 Å². The molecular weight excluding hydrogens is 314 g/mol. The molecule has 0 saturated heterocycles. The molecule has 0 aliphatic heterocycles. The number of esters is 1. The summed E-state index contributed by atoms with van der Waals surface area (Å²) in [5.74, 6) is -0.371. The Hall–Kier alpha value is -2.95. The van der Waals surface area contributed by atoms with E-state index in [9.17, 15) is 4.79 Å². The van der Waals surface area contributed by atoms with Gasteiger partial charge in [0.15, 0.2) is 0 Å². The molecule has 5 heteroatoms. The van der Waals surface area contributed by atoms with Gasteiger partial charge < -0.3 is 4.74 Å². The smallest absolute Gasteiger partial charge is 0.341 e. The molecule has 3 aromatic rings. The average Bonchev–Trinajstić information content (AvgIpc) is 3.07. The first-order valence-corrected chi connectivity index (χ1v) is 8.16. The Morgan fingerprint density at radius 2 is 1.96 bits per heavy atom. The van der Waals surface area contributed by atoms with Gasteiger partial charge in [-0.05, 0) is 48.2 Å². The Morgan fingerprint density at radius 3 is 2.60 bits per heavy atom. The largest absolute Gasteiger partial charge is 0.465 e. The predicted octanol–water partition coefficient (Wildman–Crippen LogP) is 3.32. The average molecular weight is 335 g/mol. The van der Waals surface area contributed by atoms with Gasteiger partial charge >= 0.3 is 5.97 Å². The van der Waals surface area contributed by atoms with Crippen LogP contribution in [0.15, 0.2) is 48.9 Å². The molecule has 0 aliphatic rings. The molecule has 5 nitrogen and oxygen atoms in total. The zero-order valence-corrected chi connectivity index (χ0v) is 14.7. The Bertz CT molecular complexity index is 862. The van der Waals surface area contributed by atoms with Gasteiger partial charge in [-0.3, -0.25) is 9.67 Å². The van der Waals surface area contributed by atoms with Crippen LogP contribution in [0.1, 0.15) is 38.3 Å². The lowest BCUT2D eigenvalue weighted by Gasteiger charge is -2.13. The van der Waals surface area contributed by atoms with E-state index in [1.807, 2.05) is 24.4 Å². The lowest BCUT2D eigenvalue weighted by atomic mass is 9.95. The van der Waals surface area contributed by atoms with Crippen LogP contribution < -0.4 is 0 Å². The molecule has 0 atom stereocenters. The second-order valence-electron chi connectivity index (χ2n) is 6.12. The highest BCUT2D eigenvalue weighted by Gasteiger charge is 2.10. The van der Waals surface area contributed by atoms with Crippen molar-refractivity contribution >= 4 is 5.97 Å². The van der Waals surface area contributed by atoms with E-state index in [0.717, 1.165) is 17.7 Å². The topological polar surface area (TPSA) is 57.0 Å². The molecule has 0 radical (unpaired) electrons. The lowest BCUT2D eigenvalue weighted by Crippen LogP contribution is -2.04. The molecule has 0 bridgehead atoms. The molecule has 0 N–H and O–H groups in total. The summed E-state index contributed by atoms with van der Waals surface area (Å²) in [6, 6.07) is 10.3. The van der Waals surface area contributed by atoms with Crippen LogP contribution in [0.2, 0.25) is 0 Å². The Morgan fingerprint density at radius 1 is 1.20 bits per heavy atom. The molecule has 25 heavy (non-hydrogen) atoms. The summed E-state index contributed by atoms with van der Waals surface area (Å²) in [6.45, 7) is 4.86. The van der Waals surface area contributed by atoms with Crippen LogP contribution in [-0.4, -0.2) is 27.8 Å². The molecule has 2 aromatic heterocycles. The first-order valence-electron chi connectivity index (χ1n) is 8.16. The maximum atomic E-state index is 11.5. The summed E-state index contributed by atoms with van der Waals surface area (Å²) in [6.07, 6.45) is 5.89. The number of aryl methyl sites for hydroxylation is 2. The third-order valence-corrected chi connectivity index (χ3v) is 4.24. The summed E-state index contributed by atoms with van der Waals surface area (Å²) >= 11 is 0. The van der Waals surface area contributed by atoms with Crippen molar-refractivity contribution in [2.75, 3.05) is 7.11 Å². The fourth-order valence-corrected chi connectivity index (χ4v) is 3.00. The third-order valence-electron chi connectivity index (χ3n) is 4.24. The highest BCUT2D eigenvalue weighted by molar-refractivity contribution is 5.88. The molecule has 0 fully saturated rings. The summed E-state index contributed by atoms with van der Waals surface area (Å²) in [7, 11) is 1.37. The van der Waals surface area contributed by atoms with Gasteiger partial charge in [-0.25, -0.2) is 4.79 Å². The summed E-state index contributed by atoms with van der Waals surface area (Å²) < 4.78 is 6.46. The monoisotopic (exact) mass is 335 g/mol. The summed E-state index contributed by atoms with van der Waals surface area (Å²) in [5.41, 5.74) is 6.46. The minimum atomic E-state index is -0.371. The van der Waals surface area contributed by atoms with E-state index in [4.69, 9.17) is 4.74 Å². The number of rotatable bonds is 5. The van der Waals surface area contributed by atoms with Gasteiger partial charge in [0.25, 0.3) is 0 Å². The van der Waals surface area contributed by atoms with Crippen molar-refractivity contribution in [3.05, 3.63) is 82.4 Å². The van der Waals surface area contributed by atoms with Gasteiger partial charge in [0.1, 0.15) is 0 Å². The number of aromatic nitrogens is 3. The Labute approximate surface area is 147 Å². The van der Waals surface area contributed by atoms with Gasteiger partial charge in [-0.2, -0.15) is 5.10 Å². The number of pyridine rings is 1. The van der Waals surface area contributed by atoms with Crippen LogP contribution in [0, 0.1) is 13.8 Å². The van der Waals surface area contributed by atoms with Crippen molar-refractivity contribution in [1.82, 2.24) is 14.8 Å². The minimum Gasteiger partial charge on any atom is -0.465 e. The van der Waals surface area contributed by atoms with Gasteiger partial charge in [0, 0.05) is 24.5 Å². The molecule has 3 rings (SSSR count). The van der Waals surface area contributed by atoms with Crippen LogP contribution in [0.25, 0.3) is 0 Å². The zero-order chi connectivity index (χ0) is 17.8. The first-order chi connectivity index (χ1) is 12.1. The fraction of sp³-hybridized carbons (Fsp3) is 0.250. The van der Waals surface area contributed by atoms with E-state index < -0.39 is 0 Å². The van der Waals surface area contributed by atoms with E-state index in [-0.39, 0.29) is 5.97 Å². The van der Waals surface area contributed by atoms with Crippen LogP contribution in [0.4, 0.5) is 0 Å². The molecule has 0 spiro atoms.